The molecule has 0 amide bonds. The molecule has 0 aliphatic heterocycles. The Bertz CT molecular complexity index is 1250. The van der Waals surface area contributed by atoms with Crippen molar-refractivity contribution in [1.29, 1.82) is 0 Å². The summed E-state index contributed by atoms with van der Waals surface area (Å²) in [7, 11) is 1.60. The van der Waals surface area contributed by atoms with Gasteiger partial charge in [0, 0.05) is 35.6 Å². The van der Waals surface area contributed by atoms with Gasteiger partial charge in [-0.15, -0.1) is 0 Å². The van der Waals surface area contributed by atoms with Crippen LogP contribution >= 0.6 is 0 Å². The van der Waals surface area contributed by atoms with E-state index < -0.39 is 12.0 Å². The third kappa shape index (κ3) is 5.18. The van der Waals surface area contributed by atoms with Gasteiger partial charge in [0.05, 0.1) is 7.11 Å². The highest BCUT2D eigenvalue weighted by Crippen LogP contribution is 2.32. The van der Waals surface area contributed by atoms with Crippen LogP contribution in [-0.2, 0) is 24.4 Å². The number of para-hydroxylation sites is 2. The van der Waals surface area contributed by atoms with Gasteiger partial charge in [0.2, 0.25) is 0 Å². The number of carboxylic acid groups (broad SMARTS) is 1. The van der Waals surface area contributed by atoms with Crippen molar-refractivity contribution in [3.05, 3.63) is 95.2 Å². The maximum Gasteiger partial charge on any atom is 0.321 e. The Kier molecular flexibility index (Phi) is 6.95. The van der Waals surface area contributed by atoms with Crippen molar-refractivity contribution in [1.82, 2.24) is 10.3 Å². The Morgan fingerprint density at radius 2 is 1.76 bits per heavy atom. The average molecular weight is 445 g/mol. The number of hydrogen-bond acceptors (Lipinski definition) is 4. The van der Waals surface area contributed by atoms with E-state index in [4.69, 9.17) is 9.47 Å². The van der Waals surface area contributed by atoms with Crippen LogP contribution in [-0.4, -0.2) is 29.2 Å². The van der Waals surface area contributed by atoms with Crippen LogP contribution in [0.4, 0.5) is 0 Å². The number of benzene rings is 3. The number of H-pyrrole nitrogens is 1. The van der Waals surface area contributed by atoms with Crippen molar-refractivity contribution in [2.24, 2.45) is 0 Å². The van der Waals surface area contributed by atoms with Crippen LogP contribution in [0.2, 0.25) is 0 Å². The number of aryl methyl sites for hydroxylation is 1. The molecule has 0 spiro atoms. The summed E-state index contributed by atoms with van der Waals surface area (Å²) in [5.41, 5.74) is 5.04. The van der Waals surface area contributed by atoms with E-state index in [0.29, 0.717) is 31.1 Å². The molecule has 0 radical (unpaired) electrons. The third-order valence-electron chi connectivity index (χ3n) is 5.85. The summed E-state index contributed by atoms with van der Waals surface area (Å²) in [6.07, 6.45) is 2.24. The zero-order valence-electron chi connectivity index (χ0n) is 18.8. The maximum atomic E-state index is 12.0. The number of aromatic amines is 1. The molecule has 0 bridgehead atoms. The first-order chi connectivity index (χ1) is 16.1. The number of fused-ring (bicyclic) bond motifs is 1. The van der Waals surface area contributed by atoms with Crippen LogP contribution in [0, 0.1) is 6.92 Å². The van der Waals surface area contributed by atoms with E-state index in [0.717, 1.165) is 33.2 Å². The number of aliphatic carboxylic acids is 1. The lowest BCUT2D eigenvalue weighted by Gasteiger charge is -2.18. The Morgan fingerprint density at radius 1 is 1.00 bits per heavy atom. The molecule has 3 aromatic carbocycles. The second-order valence-corrected chi connectivity index (χ2v) is 8.00. The normalized spacial score (nSPS) is 11.9. The molecule has 0 fully saturated rings. The molecule has 0 aliphatic carbocycles. The van der Waals surface area contributed by atoms with Gasteiger partial charge < -0.3 is 19.6 Å². The van der Waals surface area contributed by atoms with Gasteiger partial charge in [-0.3, -0.25) is 10.1 Å². The lowest BCUT2D eigenvalue weighted by Crippen LogP contribution is -2.38. The monoisotopic (exact) mass is 444 g/mol. The summed E-state index contributed by atoms with van der Waals surface area (Å²) in [4.78, 5) is 15.2. The van der Waals surface area contributed by atoms with Crippen LogP contribution in [0.1, 0.15) is 22.3 Å². The number of carbonyl (C=O) groups is 1. The van der Waals surface area contributed by atoms with Crippen LogP contribution in [0.3, 0.4) is 0 Å². The van der Waals surface area contributed by atoms with Gasteiger partial charge in [-0.1, -0.05) is 54.6 Å². The molecule has 1 aromatic heterocycles. The molecule has 6 nitrogen and oxygen atoms in total. The fourth-order valence-corrected chi connectivity index (χ4v) is 3.95. The predicted molar refractivity (Wildman–Crippen MR) is 129 cm³/mol. The molecule has 33 heavy (non-hydrogen) atoms. The van der Waals surface area contributed by atoms with Gasteiger partial charge in [0.25, 0.3) is 0 Å². The van der Waals surface area contributed by atoms with Crippen molar-refractivity contribution in [3.8, 4) is 11.5 Å². The molecule has 1 atom stereocenters. The lowest BCUT2D eigenvalue weighted by atomic mass is 10.0. The minimum atomic E-state index is -0.898. The van der Waals surface area contributed by atoms with Gasteiger partial charge in [-0.05, 0) is 35.7 Å². The van der Waals surface area contributed by atoms with Crippen molar-refractivity contribution in [3.63, 3.8) is 0 Å². The fraction of sp³-hybridized carbons (Fsp3) is 0.222. The molecular weight excluding hydrogens is 416 g/mol. The van der Waals surface area contributed by atoms with Gasteiger partial charge >= 0.3 is 5.97 Å². The van der Waals surface area contributed by atoms with Gasteiger partial charge in [-0.2, -0.15) is 0 Å². The highest BCUT2D eigenvalue weighted by atomic mass is 16.5. The second kappa shape index (κ2) is 10.2. The highest BCUT2D eigenvalue weighted by molar-refractivity contribution is 5.84. The van der Waals surface area contributed by atoms with Gasteiger partial charge in [-0.25, -0.2) is 0 Å². The van der Waals surface area contributed by atoms with Crippen LogP contribution < -0.4 is 14.8 Å². The molecule has 1 heterocycles. The number of hydrogen-bond donors (Lipinski definition) is 3. The van der Waals surface area contributed by atoms with Crippen molar-refractivity contribution in [2.45, 2.75) is 32.5 Å². The molecule has 3 N–H and O–H groups in total. The number of ether oxygens (including phenoxy) is 2. The highest BCUT2D eigenvalue weighted by Gasteiger charge is 2.21. The standard InChI is InChI=1S/C27H28N2O4/c1-18-8-3-4-9-20(18)17-33-26-19(10-7-13-25(26)32-2)15-29-24(27(30)31)14-21-16-28-23-12-6-5-11-22(21)23/h3-13,16,24,28-29H,14-15,17H2,1-2H3,(H,30,31)/t24-/m1/s1. The van der Waals surface area contributed by atoms with E-state index in [-0.39, 0.29) is 0 Å². The Hall–Kier alpha value is -3.77. The van der Waals surface area contributed by atoms with Crippen LogP contribution in [0.5, 0.6) is 11.5 Å². The fourth-order valence-electron chi connectivity index (χ4n) is 3.95. The summed E-state index contributed by atoms with van der Waals surface area (Å²) in [6, 6.07) is 20.9. The average Bonchev–Trinajstić information content (AvgIpc) is 3.24. The zero-order chi connectivity index (χ0) is 23.2. The predicted octanol–water partition coefficient (Wildman–Crippen LogP) is 4.85. The molecule has 170 valence electrons. The molecule has 4 rings (SSSR count). The number of aromatic nitrogens is 1. The first-order valence-corrected chi connectivity index (χ1v) is 10.9. The van der Waals surface area contributed by atoms with Crippen molar-refractivity contribution in [2.75, 3.05) is 7.11 Å². The van der Waals surface area contributed by atoms with E-state index in [1.54, 1.807) is 7.11 Å². The first-order valence-electron chi connectivity index (χ1n) is 10.9. The number of carboxylic acids is 1. The Balaban J connectivity index is 1.51. The van der Waals surface area contributed by atoms with Gasteiger partial charge in [0.1, 0.15) is 12.6 Å². The number of rotatable bonds is 10. The molecule has 0 unspecified atom stereocenters. The second-order valence-electron chi connectivity index (χ2n) is 8.00. The van der Waals surface area contributed by atoms with E-state index in [1.165, 1.54) is 0 Å². The quantitative estimate of drug-likeness (QED) is 0.326. The largest absolute Gasteiger partial charge is 0.493 e. The van der Waals surface area contributed by atoms with Crippen LogP contribution in [0.15, 0.2) is 72.9 Å². The molecule has 4 aromatic rings. The lowest BCUT2D eigenvalue weighted by molar-refractivity contribution is -0.139. The molecule has 0 aliphatic rings. The van der Waals surface area contributed by atoms with E-state index in [9.17, 15) is 9.90 Å². The number of nitrogens with one attached hydrogen (secondary N) is 2. The molecule has 0 saturated heterocycles. The summed E-state index contributed by atoms with van der Waals surface area (Å²) < 4.78 is 11.7. The zero-order valence-corrected chi connectivity index (χ0v) is 18.8. The Morgan fingerprint density at radius 3 is 2.55 bits per heavy atom. The molecule has 0 saturated carbocycles. The number of methoxy groups -OCH3 is 1. The first kappa shape index (κ1) is 22.4. The molecular formula is C27H28N2O4. The van der Waals surface area contributed by atoms with Crippen molar-refractivity contribution >= 4 is 16.9 Å². The van der Waals surface area contributed by atoms with E-state index >= 15 is 0 Å². The van der Waals surface area contributed by atoms with Crippen LogP contribution in [0.25, 0.3) is 10.9 Å². The summed E-state index contributed by atoms with van der Waals surface area (Å²) in [5.74, 6) is 0.337. The van der Waals surface area contributed by atoms with E-state index in [1.807, 2.05) is 79.9 Å². The van der Waals surface area contributed by atoms with E-state index in [2.05, 4.69) is 10.3 Å². The molecule has 6 heteroatoms. The third-order valence-corrected chi connectivity index (χ3v) is 5.85. The van der Waals surface area contributed by atoms with Crippen molar-refractivity contribution < 1.29 is 19.4 Å². The summed E-state index contributed by atoms with van der Waals surface area (Å²) in [5, 5.41) is 14.1. The topological polar surface area (TPSA) is 83.6 Å². The maximum absolute atomic E-state index is 12.0. The summed E-state index contributed by atoms with van der Waals surface area (Å²) in [6.45, 7) is 2.78. The smallest absolute Gasteiger partial charge is 0.321 e. The minimum Gasteiger partial charge on any atom is -0.493 e. The minimum absolute atomic E-state index is 0.333. The summed E-state index contributed by atoms with van der Waals surface area (Å²) >= 11 is 0. The SMILES string of the molecule is COc1cccc(CN[C@H](Cc2c[nH]c3ccccc23)C(=O)O)c1OCc1ccccc1C. The van der Waals surface area contributed by atoms with Gasteiger partial charge in [0.15, 0.2) is 11.5 Å². The Labute approximate surface area is 193 Å².